The van der Waals surface area contributed by atoms with Crippen LogP contribution in [-0.2, 0) is 21.4 Å². The van der Waals surface area contributed by atoms with E-state index in [0.29, 0.717) is 27.8 Å². The van der Waals surface area contributed by atoms with Gasteiger partial charge < -0.3 is 9.15 Å². The molecule has 0 unspecified atom stereocenters. The van der Waals surface area contributed by atoms with Gasteiger partial charge in [-0.05, 0) is 62.2 Å². The summed E-state index contributed by atoms with van der Waals surface area (Å²) >= 11 is 0. The van der Waals surface area contributed by atoms with Gasteiger partial charge in [0.05, 0.1) is 16.1 Å². The van der Waals surface area contributed by atoms with Gasteiger partial charge in [0.25, 0.3) is 10.0 Å². The molecular weight excluding hydrogens is 466 g/mol. The molecule has 0 aliphatic carbocycles. The molecule has 0 fully saturated rings. The number of hydrogen-bond donors (Lipinski definition) is 0. The molecule has 4 rings (SSSR count). The number of nitrogens with zero attached hydrogens (tertiary/aromatic N) is 1. The van der Waals surface area contributed by atoms with Crippen molar-refractivity contribution in [2.45, 2.75) is 32.3 Å². The molecule has 0 N–H and O–H groups in total. The van der Waals surface area contributed by atoms with E-state index in [1.807, 2.05) is 19.1 Å². The molecule has 1 aromatic heterocycles. The molecular formula is C27H25NO6S. The molecule has 0 aliphatic heterocycles. The second-order valence-corrected chi connectivity index (χ2v) is 9.98. The van der Waals surface area contributed by atoms with Crippen molar-refractivity contribution in [1.82, 2.24) is 0 Å². The van der Waals surface area contributed by atoms with Gasteiger partial charge in [-0.1, -0.05) is 36.4 Å². The monoisotopic (exact) mass is 491 g/mol. The lowest BCUT2D eigenvalue weighted by Gasteiger charge is -2.24. The van der Waals surface area contributed by atoms with Crippen molar-refractivity contribution in [3.63, 3.8) is 0 Å². The first-order valence-corrected chi connectivity index (χ1v) is 12.5. The molecule has 1 heterocycles. The first kappa shape index (κ1) is 24.2. The van der Waals surface area contributed by atoms with Crippen LogP contribution in [0.15, 0.2) is 86.9 Å². The van der Waals surface area contributed by atoms with Gasteiger partial charge in [0.2, 0.25) is 0 Å². The number of para-hydroxylation sites is 1. The van der Waals surface area contributed by atoms with E-state index < -0.39 is 21.6 Å². The van der Waals surface area contributed by atoms with Gasteiger partial charge in [-0.25, -0.2) is 18.0 Å². The number of aryl methyl sites for hydroxylation is 2. The number of fused-ring (bicyclic) bond motifs is 1. The third kappa shape index (κ3) is 4.97. The number of esters is 1. The minimum atomic E-state index is -3.92. The lowest BCUT2D eigenvalue weighted by Crippen LogP contribution is -2.31. The molecule has 0 bridgehead atoms. The Hall–Kier alpha value is -3.91. The van der Waals surface area contributed by atoms with Crippen molar-refractivity contribution in [2.75, 3.05) is 10.8 Å². The quantitative estimate of drug-likeness (QED) is 0.267. The SMILES string of the molecule is CCN(c1ccccc1)S(=O)(=O)c1cc(C(=O)OCc2cc(=O)oc3cc(C)ccc23)ccc1C. The zero-order valence-electron chi connectivity index (χ0n) is 19.6. The molecule has 3 aromatic carbocycles. The minimum absolute atomic E-state index is 0.0268. The van der Waals surface area contributed by atoms with Crippen LogP contribution in [0.5, 0.6) is 0 Å². The molecule has 180 valence electrons. The second-order valence-electron chi connectivity index (χ2n) is 8.15. The van der Waals surface area contributed by atoms with Crippen LogP contribution in [0.3, 0.4) is 0 Å². The Morgan fingerprint density at radius 3 is 2.43 bits per heavy atom. The maximum atomic E-state index is 13.5. The summed E-state index contributed by atoms with van der Waals surface area (Å²) in [5.74, 6) is -0.697. The van der Waals surface area contributed by atoms with Crippen LogP contribution >= 0.6 is 0 Å². The van der Waals surface area contributed by atoms with Gasteiger partial charge in [0.15, 0.2) is 0 Å². The molecule has 0 radical (unpaired) electrons. The maximum Gasteiger partial charge on any atom is 0.338 e. The van der Waals surface area contributed by atoms with E-state index in [0.717, 1.165) is 5.56 Å². The van der Waals surface area contributed by atoms with Gasteiger partial charge >= 0.3 is 11.6 Å². The average Bonchev–Trinajstić information content (AvgIpc) is 2.83. The van der Waals surface area contributed by atoms with Crippen molar-refractivity contribution < 1.29 is 22.4 Å². The average molecular weight is 492 g/mol. The van der Waals surface area contributed by atoms with E-state index in [4.69, 9.17) is 9.15 Å². The Morgan fingerprint density at radius 2 is 1.71 bits per heavy atom. The summed E-state index contributed by atoms with van der Waals surface area (Å²) in [6.45, 7) is 5.37. The fourth-order valence-corrected chi connectivity index (χ4v) is 5.62. The van der Waals surface area contributed by atoms with E-state index >= 15 is 0 Å². The van der Waals surface area contributed by atoms with Crippen molar-refractivity contribution >= 4 is 32.6 Å². The molecule has 0 spiro atoms. The van der Waals surface area contributed by atoms with Crippen LogP contribution in [-0.4, -0.2) is 20.9 Å². The summed E-state index contributed by atoms with van der Waals surface area (Å²) in [6, 6.07) is 19.9. The normalized spacial score (nSPS) is 11.4. The summed E-state index contributed by atoms with van der Waals surface area (Å²) in [7, 11) is -3.92. The number of sulfonamides is 1. The first-order valence-electron chi connectivity index (χ1n) is 11.1. The minimum Gasteiger partial charge on any atom is -0.457 e. The molecule has 4 aromatic rings. The third-order valence-electron chi connectivity index (χ3n) is 5.67. The number of anilines is 1. The fraction of sp³-hybridized carbons (Fsp3) is 0.185. The van der Waals surface area contributed by atoms with Crippen LogP contribution in [0.2, 0.25) is 0 Å². The van der Waals surface area contributed by atoms with Crippen molar-refractivity contribution in [2.24, 2.45) is 0 Å². The molecule has 8 heteroatoms. The van der Waals surface area contributed by atoms with Gasteiger partial charge in [-0.2, -0.15) is 0 Å². The Bertz CT molecular complexity index is 1560. The van der Waals surface area contributed by atoms with Gasteiger partial charge in [0, 0.05) is 23.6 Å². The summed E-state index contributed by atoms with van der Waals surface area (Å²) < 4.78 is 39.0. The van der Waals surface area contributed by atoms with Gasteiger partial charge in [-0.3, -0.25) is 4.31 Å². The second kappa shape index (κ2) is 9.76. The van der Waals surface area contributed by atoms with Crippen molar-refractivity contribution in [3.8, 4) is 0 Å². The van der Waals surface area contributed by atoms with E-state index in [2.05, 4.69) is 0 Å². The number of hydrogen-bond acceptors (Lipinski definition) is 6. The van der Waals surface area contributed by atoms with Crippen LogP contribution in [0.1, 0.15) is 34.0 Å². The Balaban J connectivity index is 1.62. The number of carbonyl (C=O) groups is 1. The van der Waals surface area contributed by atoms with Crippen LogP contribution in [0.25, 0.3) is 11.0 Å². The first-order chi connectivity index (χ1) is 16.7. The van der Waals surface area contributed by atoms with Crippen molar-refractivity contribution in [1.29, 1.82) is 0 Å². The topological polar surface area (TPSA) is 93.9 Å². The Morgan fingerprint density at radius 1 is 0.971 bits per heavy atom. The van der Waals surface area contributed by atoms with E-state index in [-0.39, 0.29) is 23.6 Å². The van der Waals surface area contributed by atoms with Gasteiger partial charge in [-0.15, -0.1) is 0 Å². The lowest BCUT2D eigenvalue weighted by atomic mass is 10.1. The standard InChI is InChI=1S/C27H25NO6S/c1-4-28(22-8-6-5-7-9-22)35(31,32)25-15-20(12-11-19(25)3)27(30)33-17-21-16-26(29)34-24-14-18(2)10-13-23(21)24/h5-16H,4,17H2,1-3H3. The number of benzene rings is 3. The predicted octanol–water partition coefficient (Wildman–Crippen LogP) is 4.98. The highest BCUT2D eigenvalue weighted by Crippen LogP contribution is 2.27. The Kier molecular flexibility index (Phi) is 6.75. The highest BCUT2D eigenvalue weighted by Gasteiger charge is 2.26. The fourth-order valence-electron chi connectivity index (χ4n) is 3.89. The van der Waals surface area contributed by atoms with Crippen LogP contribution in [0, 0.1) is 13.8 Å². The molecule has 7 nitrogen and oxygen atoms in total. The largest absolute Gasteiger partial charge is 0.457 e. The summed E-state index contributed by atoms with van der Waals surface area (Å²) in [6.07, 6.45) is 0. The summed E-state index contributed by atoms with van der Waals surface area (Å²) in [5.41, 5.74) is 2.45. The molecule has 35 heavy (non-hydrogen) atoms. The highest BCUT2D eigenvalue weighted by atomic mass is 32.2. The zero-order valence-corrected chi connectivity index (χ0v) is 20.5. The maximum absolute atomic E-state index is 13.5. The van der Waals surface area contributed by atoms with E-state index in [1.54, 1.807) is 56.3 Å². The molecule has 0 atom stereocenters. The smallest absolute Gasteiger partial charge is 0.338 e. The summed E-state index contributed by atoms with van der Waals surface area (Å²) in [4.78, 5) is 24.8. The van der Waals surface area contributed by atoms with Gasteiger partial charge in [0.1, 0.15) is 12.2 Å². The molecule has 0 aliphatic rings. The third-order valence-corrected chi connectivity index (χ3v) is 7.71. The van der Waals surface area contributed by atoms with Crippen LogP contribution < -0.4 is 9.93 Å². The molecule has 0 saturated carbocycles. The number of rotatable bonds is 7. The molecule has 0 saturated heterocycles. The van der Waals surface area contributed by atoms with Crippen LogP contribution in [0.4, 0.5) is 5.69 Å². The Labute approximate surface area is 203 Å². The van der Waals surface area contributed by atoms with E-state index in [9.17, 15) is 18.0 Å². The number of carbonyl (C=O) groups excluding carboxylic acids is 1. The lowest BCUT2D eigenvalue weighted by molar-refractivity contribution is 0.0473. The van der Waals surface area contributed by atoms with Crippen molar-refractivity contribution in [3.05, 3.63) is 105 Å². The zero-order chi connectivity index (χ0) is 25.2. The highest BCUT2D eigenvalue weighted by molar-refractivity contribution is 7.92. The predicted molar refractivity (Wildman–Crippen MR) is 134 cm³/mol. The van der Waals surface area contributed by atoms with E-state index in [1.165, 1.54) is 22.5 Å². The molecule has 0 amide bonds. The number of ether oxygens (including phenoxy) is 1. The summed E-state index contributed by atoms with van der Waals surface area (Å²) in [5, 5.41) is 0.664.